The molecule has 1 N–H and O–H groups in total. The molecule has 2 atom stereocenters. The highest BCUT2D eigenvalue weighted by Crippen LogP contribution is 2.48. The number of rotatable bonds is 6. The van der Waals surface area contributed by atoms with Crippen molar-refractivity contribution in [3.63, 3.8) is 0 Å². The minimum Gasteiger partial charge on any atom is -0.354 e. The Morgan fingerprint density at radius 3 is 2.65 bits per heavy atom. The molecule has 7 heteroatoms. The maximum atomic E-state index is 12.8. The normalized spacial score (nSPS) is 20.4. The van der Waals surface area contributed by atoms with Gasteiger partial charge in [0, 0.05) is 50.2 Å². The Bertz CT molecular complexity index is 1300. The number of nitrogens with zero attached hydrogens (tertiary/aromatic N) is 4. The molecule has 1 amide bonds. The van der Waals surface area contributed by atoms with E-state index in [1.165, 1.54) is 27.7 Å². The fraction of sp³-hybridized carbons (Fsp3) is 0.296. The Balaban J connectivity index is 1.01. The van der Waals surface area contributed by atoms with E-state index in [2.05, 4.69) is 79.0 Å². The van der Waals surface area contributed by atoms with Crippen LogP contribution in [0.2, 0.25) is 0 Å². The molecule has 2 unspecified atom stereocenters. The van der Waals surface area contributed by atoms with Crippen molar-refractivity contribution in [2.75, 3.05) is 36.4 Å². The number of benzene rings is 2. The van der Waals surface area contributed by atoms with Crippen LogP contribution in [0.1, 0.15) is 23.6 Å². The number of anilines is 2. The molecule has 2 fully saturated rings. The highest BCUT2D eigenvalue weighted by Gasteiger charge is 2.44. The standard InChI is InChI=1S/C27H27N5OS/c33-26(24-16-23(24)21-9-8-19-5-1-2-6-20(19)15-21)30-27-29-22(18-34-27)17-31-11-13-32(14-12-31)25-7-3-4-10-28-25/h1-10,15,18,23-24H,11-14,16-17H2,(H,29,30,33). The minimum absolute atomic E-state index is 0.0354. The van der Waals surface area contributed by atoms with E-state index in [1.807, 2.05) is 18.3 Å². The molecule has 1 aliphatic carbocycles. The van der Waals surface area contributed by atoms with Crippen LogP contribution in [0.15, 0.2) is 72.2 Å². The molecule has 4 aromatic rings. The maximum absolute atomic E-state index is 12.8. The molecular weight excluding hydrogens is 442 g/mol. The number of thiazole rings is 1. The number of aromatic nitrogens is 2. The number of pyridine rings is 1. The number of hydrogen-bond acceptors (Lipinski definition) is 6. The zero-order chi connectivity index (χ0) is 22.9. The average Bonchev–Trinajstić information content (AvgIpc) is 3.58. The van der Waals surface area contributed by atoms with Crippen molar-refractivity contribution >= 4 is 39.0 Å². The molecule has 1 aliphatic heterocycles. The van der Waals surface area contributed by atoms with Crippen LogP contribution >= 0.6 is 11.3 Å². The summed E-state index contributed by atoms with van der Waals surface area (Å²) in [6.07, 6.45) is 2.75. The van der Waals surface area contributed by atoms with Crippen molar-refractivity contribution < 1.29 is 4.79 Å². The van der Waals surface area contributed by atoms with E-state index in [0.717, 1.165) is 50.7 Å². The average molecular weight is 470 g/mol. The van der Waals surface area contributed by atoms with E-state index < -0.39 is 0 Å². The number of carbonyl (C=O) groups is 1. The van der Waals surface area contributed by atoms with E-state index >= 15 is 0 Å². The lowest BCUT2D eigenvalue weighted by molar-refractivity contribution is -0.117. The summed E-state index contributed by atoms with van der Waals surface area (Å²) >= 11 is 1.52. The summed E-state index contributed by atoms with van der Waals surface area (Å²) in [5.74, 6) is 1.47. The van der Waals surface area contributed by atoms with Crippen LogP contribution in [0.3, 0.4) is 0 Å². The van der Waals surface area contributed by atoms with Gasteiger partial charge >= 0.3 is 0 Å². The topological polar surface area (TPSA) is 61.4 Å². The molecule has 2 aromatic carbocycles. The first-order chi connectivity index (χ1) is 16.7. The van der Waals surface area contributed by atoms with Gasteiger partial charge in [0.2, 0.25) is 5.91 Å². The maximum Gasteiger partial charge on any atom is 0.229 e. The molecule has 1 saturated carbocycles. The number of piperazine rings is 1. The SMILES string of the molecule is O=C(Nc1nc(CN2CCN(c3ccccn3)CC2)cs1)C1CC1c1ccc2ccccc2c1. The smallest absolute Gasteiger partial charge is 0.229 e. The van der Waals surface area contributed by atoms with Gasteiger partial charge in [-0.2, -0.15) is 0 Å². The predicted molar refractivity (Wildman–Crippen MR) is 137 cm³/mol. The number of carbonyl (C=O) groups excluding carboxylic acids is 1. The molecule has 3 heterocycles. The van der Waals surface area contributed by atoms with Gasteiger partial charge in [-0.15, -0.1) is 11.3 Å². The lowest BCUT2D eigenvalue weighted by Crippen LogP contribution is -2.46. The number of amides is 1. The first-order valence-corrected chi connectivity index (χ1v) is 12.7. The molecule has 6 rings (SSSR count). The molecule has 34 heavy (non-hydrogen) atoms. The summed E-state index contributed by atoms with van der Waals surface area (Å²) < 4.78 is 0. The molecular formula is C27H27N5OS. The van der Waals surface area contributed by atoms with Gasteiger partial charge < -0.3 is 10.2 Å². The Hall–Kier alpha value is -3.29. The van der Waals surface area contributed by atoms with Crippen molar-refractivity contribution in [3.05, 3.63) is 83.5 Å². The summed E-state index contributed by atoms with van der Waals surface area (Å²) in [7, 11) is 0. The summed E-state index contributed by atoms with van der Waals surface area (Å²) in [5, 5.41) is 8.30. The number of nitrogens with one attached hydrogen (secondary N) is 1. The van der Waals surface area contributed by atoms with E-state index in [0.29, 0.717) is 11.0 Å². The zero-order valence-corrected chi connectivity index (χ0v) is 19.7. The largest absolute Gasteiger partial charge is 0.354 e. The lowest BCUT2D eigenvalue weighted by Gasteiger charge is -2.35. The third-order valence-electron chi connectivity index (χ3n) is 6.84. The van der Waals surface area contributed by atoms with E-state index in [-0.39, 0.29) is 11.8 Å². The molecule has 0 spiro atoms. The lowest BCUT2D eigenvalue weighted by atomic mass is 10.0. The van der Waals surface area contributed by atoms with Gasteiger partial charge in [-0.3, -0.25) is 9.69 Å². The van der Waals surface area contributed by atoms with Gasteiger partial charge in [0.25, 0.3) is 0 Å². The van der Waals surface area contributed by atoms with Crippen LogP contribution in [-0.2, 0) is 11.3 Å². The van der Waals surface area contributed by atoms with Crippen molar-refractivity contribution in [3.8, 4) is 0 Å². The Labute approximate surface area is 203 Å². The van der Waals surface area contributed by atoms with Crippen LogP contribution in [0, 0.1) is 5.92 Å². The molecule has 1 saturated heterocycles. The summed E-state index contributed by atoms with van der Waals surface area (Å²) in [6, 6.07) is 21.0. The first-order valence-electron chi connectivity index (χ1n) is 11.9. The van der Waals surface area contributed by atoms with E-state index in [4.69, 9.17) is 0 Å². The third kappa shape index (κ3) is 4.54. The van der Waals surface area contributed by atoms with Gasteiger partial charge in [0.1, 0.15) is 5.82 Å². The fourth-order valence-electron chi connectivity index (χ4n) is 4.83. The second-order valence-corrected chi connectivity index (χ2v) is 10.00. The van der Waals surface area contributed by atoms with Gasteiger partial charge in [-0.25, -0.2) is 9.97 Å². The Morgan fingerprint density at radius 1 is 1.00 bits per heavy atom. The fourth-order valence-corrected chi connectivity index (χ4v) is 5.54. The van der Waals surface area contributed by atoms with Crippen LogP contribution in [0.25, 0.3) is 10.8 Å². The van der Waals surface area contributed by atoms with Gasteiger partial charge in [0.05, 0.1) is 5.69 Å². The molecule has 2 aliphatic rings. The van der Waals surface area contributed by atoms with Crippen molar-refractivity contribution in [1.82, 2.24) is 14.9 Å². The van der Waals surface area contributed by atoms with Crippen molar-refractivity contribution in [2.45, 2.75) is 18.9 Å². The van der Waals surface area contributed by atoms with Crippen LogP contribution in [0.4, 0.5) is 10.9 Å². The second kappa shape index (κ2) is 9.16. The van der Waals surface area contributed by atoms with Gasteiger partial charge in [-0.1, -0.05) is 48.5 Å². The second-order valence-electron chi connectivity index (χ2n) is 9.14. The number of fused-ring (bicyclic) bond motifs is 1. The van der Waals surface area contributed by atoms with Crippen molar-refractivity contribution in [2.24, 2.45) is 5.92 Å². The molecule has 0 bridgehead atoms. The summed E-state index contributed by atoms with van der Waals surface area (Å²) in [4.78, 5) is 26.7. The molecule has 172 valence electrons. The van der Waals surface area contributed by atoms with Crippen LogP contribution in [0.5, 0.6) is 0 Å². The van der Waals surface area contributed by atoms with Gasteiger partial charge in [-0.05, 0) is 40.8 Å². The zero-order valence-electron chi connectivity index (χ0n) is 18.9. The molecule has 6 nitrogen and oxygen atoms in total. The van der Waals surface area contributed by atoms with E-state index in [9.17, 15) is 4.79 Å². The molecule has 2 aromatic heterocycles. The summed E-state index contributed by atoms with van der Waals surface area (Å²) in [5.41, 5.74) is 2.27. The highest BCUT2D eigenvalue weighted by molar-refractivity contribution is 7.13. The predicted octanol–water partition coefficient (Wildman–Crippen LogP) is 4.76. The number of hydrogen-bond donors (Lipinski definition) is 1. The Kier molecular flexibility index (Phi) is 5.73. The van der Waals surface area contributed by atoms with Crippen LogP contribution < -0.4 is 10.2 Å². The van der Waals surface area contributed by atoms with Crippen LogP contribution in [-0.4, -0.2) is 47.0 Å². The quantitative estimate of drug-likeness (QED) is 0.441. The first kappa shape index (κ1) is 21.3. The van der Waals surface area contributed by atoms with E-state index in [1.54, 1.807) is 0 Å². The van der Waals surface area contributed by atoms with Crippen molar-refractivity contribution in [1.29, 1.82) is 0 Å². The monoisotopic (exact) mass is 469 g/mol. The Morgan fingerprint density at radius 2 is 1.82 bits per heavy atom. The molecule has 0 radical (unpaired) electrons. The van der Waals surface area contributed by atoms with Gasteiger partial charge in [0.15, 0.2) is 5.13 Å². The minimum atomic E-state index is 0.0354. The highest BCUT2D eigenvalue weighted by atomic mass is 32.1. The third-order valence-corrected chi connectivity index (χ3v) is 7.65. The summed E-state index contributed by atoms with van der Waals surface area (Å²) in [6.45, 7) is 4.69.